The Morgan fingerprint density at radius 2 is 1.87 bits per heavy atom. The number of piperidine rings is 1. The Kier molecular flexibility index (Phi) is 4.73. The predicted molar refractivity (Wildman–Crippen MR) is 92.5 cm³/mol. The van der Waals surface area contributed by atoms with Gasteiger partial charge in [0.25, 0.3) is 0 Å². The van der Waals surface area contributed by atoms with Crippen molar-refractivity contribution in [1.82, 2.24) is 25.0 Å². The van der Waals surface area contributed by atoms with Crippen molar-refractivity contribution in [3.63, 3.8) is 0 Å². The first-order valence-corrected chi connectivity index (χ1v) is 9.61. The molecule has 0 atom stereocenters. The summed E-state index contributed by atoms with van der Waals surface area (Å²) >= 11 is 1.93. The Labute approximate surface area is 141 Å². The second-order valence-corrected chi connectivity index (χ2v) is 7.82. The molecule has 4 heterocycles. The van der Waals surface area contributed by atoms with Gasteiger partial charge in [-0.05, 0) is 68.9 Å². The van der Waals surface area contributed by atoms with Gasteiger partial charge in [-0.2, -0.15) is 5.10 Å². The Bertz CT molecular complexity index is 594. The van der Waals surface area contributed by atoms with Gasteiger partial charge in [-0.3, -0.25) is 14.9 Å². The molecule has 0 spiro atoms. The molecule has 1 N–H and O–H groups in total. The van der Waals surface area contributed by atoms with E-state index >= 15 is 0 Å². The van der Waals surface area contributed by atoms with Crippen LogP contribution in [0.1, 0.15) is 47.9 Å². The molecule has 124 valence electrons. The number of rotatable bonds is 5. The quantitative estimate of drug-likeness (QED) is 0.915. The molecule has 0 saturated carbocycles. The topological polar surface area (TPSA) is 48.1 Å². The van der Waals surface area contributed by atoms with Crippen LogP contribution in [0.4, 0.5) is 0 Å². The molecule has 0 bridgehead atoms. The number of hydrogen-bond acceptors (Lipinski definition) is 5. The number of likely N-dealkylation sites (tertiary alicyclic amines) is 2. The molecule has 4 rings (SSSR count). The fourth-order valence-corrected chi connectivity index (χ4v) is 4.71. The van der Waals surface area contributed by atoms with E-state index in [-0.39, 0.29) is 0 Å². The normalized spacial score (nSPS) is 21.2. The molecule has 0 amide bonds. The maximum atomic E-state index is 4.31. The lowest BCUT2D eigenvalue weighted by Crippen LogP contribution is -2.32. The zero-order valence-electron chi connectivity index (χ0n) is 13.6. The highest BCUT2D eigenvalue weighted by molar-refractivity contribution is 7.10. The van der Waals surface area contributed by atoms with Crippen LogP contribution >= 0.6 is 11.3 Å². The zero-order valence-corrected chi connectivity index (χ0v) is 14.4. The third-order valence-corrected chi connectivity index (χ3v) is 6.07. The number of H-pyrrole nitrogens is 1. The number of hydrogen-bond donors (Lipinski definition) is 1. The number of aromatic nitrogens is 3. The van der Waals surface area contributed by atoms with E-state index in [9.17, 15) is 0 Å². The van der Waals surface area contributed by atoms with Gasteiger partial charge in [0.15, 0.2) is 0 Å². The summed E-state index contributed by atoms with van der Waals surface area (Å²) in [5.41, 5.74) is 1.50. The van der Waals surface area contributed by atoms with E-state index in [2.05, 4.69) is 36.4 Å². The lowest BCUT2D eigenvalue weighted by Gasteiger charge is -2.30. The Morgan fingerprint density at radius 3 is 2.61 bits per heavy atom. The third-order valence-electron chi connectivity index (χ3n) is 5.10. The Balaban J connectivity index is 1.27. The van der Waals surface area contributed by atoms with Crippen LogP contribution in [-0.4, -0.2) is 51.2 Å². The molecule has 2 aliphatic heterocycles. The van der Waals surface area contributed by atoms with E-state index in [1.54, 1.807) is 6.33 Å². The van der Waals surface area contributed by atoms with Crippen molar-refractivity contribution in [2.45, 2.75) is 44.7 Å². The standard InChI is InChI=1S/C17H25N5S/c1-2-6-21(5-1)10-14-9-16(23-12-14)11-22-7-3-15(4-8-22)17-18-13-19-20-17/h9,12-13,15H,1-8,10-11H2,(H,18,19,20). The van der Waals surface area contributed by atoms with Gasteiger partial charge in [0.05, 0.1) is 0 Å². The molecule has 6 heteroatoms. The van der Waals surface area contributed by atoms with Crippen molar-refractivity contribution >= 4 is 11.3 Å². The summed E-state index contributed by atoms with van der Waals surface area (Å²) in [4.78, 5) is 11.0. The minimum Gasteiger partial charge on any atom is -0.299 e. The molecule has 2 aromatic rings. The molecule has 0 aliphatic carbocycles. The number of nitrogens with one attached hydrogen (secondary N) is 1. The smallest absolute Gasteiger partial charge is 0.137 e. The van der Waals surface area contributed by atoms with E-state index in [1.807, 2.05) is 11.3 Å². The van der Waals surface area contributed by atoms with Gasteiger partial charge in [-0.1, -0.05) is 0 Å². The summed E-state index contributed by atoms with van der Waals surface area (Å²) in [7, 11) is 0. The first-order valence-electron chi connectivity index (χ1n) is 8.73. The molecule has 2 aliphatic rings. The third kappa shape index (κ3) is 3.82. The highest BCUT2D eigenvalue weighted by Gasteiger charge is 2.23. The van der Waals surface area contributed by atoms with Crippen LogP contribution in [0.3, 0.4) is 0 Å². The minimum absolute atomic E-state index is 0.558. The summed E-state index contributed by atoms with van der Waals surface area (Å²) in [5.74, 6) is 1.62. The lowest BCUT2D eigenvalue weighted by atomic mass is 9.96. The molecular formula is C17H25N5S. The van der Waals surface area contributed by atoms with E-state index in [1.165, 1.54) is 49.2 Å². The number of aromatic amines is 1. The van der Waals surface area contributed by atoms with Crippen LogP contribution in [0, 0.1) is 0 Å². The summed E-state index contributed by atoms with van der Waals surface area (Å²) < 4.78 is 0. The van der Waals surface area contributed by atoms with E-state index < -0.39 is 0 Å². The first kappa shape index (κ1) is 15.3. The van der Waals surface area contributed by atoms with Crippen LogP contribution in [0.25, 0.3) is 0 Å². The summed E-state index contributed by atoms with van der Waals surface area (Å²) in [6.07, 6.45) is 6.73. The highest BCUT2D eigenvalue weighted by Crippen LogP contribution is 2.27. The van der Waals surface area contributed by atoms with Crippen molar-refractivity contribution in [2.24, 2.45) is 0 Å². The Morgan fingerprint density at radius 1 is 1.09 bits per heavy atom. The van der Waals surface area contributed by atoms with Crippen LogP contribution in [0.5, 0.6) is 0 Å². The van der Waals surface area contributed by atoms with Gasteiger partial charge >= 0.3 is 0 Å². The van der Waals surface area contributed by atoms with Gasteiger partial charge in [-0.25, -0.2) is 4.98 Å². The van der Waals surface area contributed by atoms with Crippen molar-refractivity contribution in [3.05, 3.63) is 34.0 Å². The first-order chi connectivity index (χ1) is 11.4. The molecule has 0 aromatic carbocycles. The van der Waals surface area contributed by atoms with Gasteiger partial charge in [0, 0.05) is 23.9 Å². The maximum absolute atomic E-state index is 4.31. The van der Waals surface area contributed by atoms with Gasteiger partial charge < -0.3 is 0 Å². The zero-order chi connectivity index (χ0) is 15.5. The van der Waals surface area contributed by atoms with Crippen molar-refractivity contribution < 1.29 is 0 Å². The summed E-state index contributed by atoms with van der Waals surface area (Å²) in [6, 6.07) is 2.42. The molecule has 0 unspecified atom stereocenters. The van der Waals surface area contributed by atoms with Gasteiger partial charge in [0.2, 0.25) is 0 Å². The number of thiophene rings is 1. The van der Waals surface area contributed by atoms with Crippen molar-refractivity contribution in [2.75, 3.05) is 26.2 Å². The minimum atomic E-state index is 0.558. The Hall–Kier alpha value is -1.24. The van der Waals surface area contributed by atoms with Crippen molar-refractivity contribution in [3.8, 4) is 0 Å². The van der Waals surface area contributed by atoms with Gasteiger partial charge in [0.1, 0.15) is 12.2 Å². The lowest BCUT2D eigenvalue weighted by molar-refractivity contribution is 0.203. The molecule has 5 nitrogen and oxygen atoms in total. The molecular weight excluding hydrogens is 306 g/mol. The number of nitrogens with zero attached hydrogens (tertiary/aromatic N) is 4. The van der Waals surface area contributed by atoms with Crippen LogP contribution in [-0.2, 0) is 13.1 Å². The average molecular weight is 331 g/mol. The van der Waals surface area contributed by atoms with Gasteiger partial charge in [-0.15, -0.1) is 11.3 Å². The second-order valence-electron chi connectivity index (χ2n) is 6.83. The summed E-state index contributed by atoms with van der Waals surface area (Å²) in [6.45, 7) is 7.12. The molecule has 2 aromatic heterocycles. The predicted octanol–water partition coefficient (Wildman–Crippen LogP) is 2.84. The highest BCUT2D eigenvalue weighted by atomic mass is 32.1. The molecule has 0 radical (unpaired) electrons. The fraction of sp³-hybridized carbons (Fsp3) is 0.647. The second kappa shape index (κ2) is 7.11. The largest absolute Gasteiger partial charge is 0.299 e. The van der Waals surface area contributed by atoms with Crippen LogP contribution in [0.2, 0.25) is 0 Å². The van der Waals surface area contributed by atoms with E-state index in [4.69, 9.17) is 0 Å². The molecule has 2 saturated heterocycles. The van der Waals surface area contributed by atoms with Crippen molar-refractivity contribution in [1.29, 1.82) is 0 Å². The summed E-state index contributed by atoms with van der Waals surface area (Å²) in [5, 5.41) is 9.36. The molecule has 2 fully saturated rings. The fourth-order valence-electron chi connectivity index (χ4n) is 3.79. The molecule has 23 heavy (non-hydrogen) atoms. The monoisotopic (exact) mass is 331 g/mol. The van der Waals surface area contributed by atoms with E-state index in [0.29, 0.717) is 5.92 Å². The SMILES string of the molecule is c1n[nH]c(C2CCN(Cc3cc(CN4CCCC4)cs3)CC2)n1. The van der Waals surface area contributed by atoms with E-state index in [0.717, 1.165) is 32.0 Å². The maximum Gasteiger partial charge on any atom is 0.137 e. The van der Waals surface area contributed by atoms with Crippen LogP contribution < -0.4 is 0 Å². The average Bonchev–Trinajstić information content (AvgIpc) is 3.31. The van der Waals surface area contributed by atoms with Crippen LogP contribution in [0.15, 0.2) is 17.8 Å².